The van der Waals surface area contributed by atoms with Crippen molar-refractivity contribution in [2.24, 2.45) is 0 Å². The van der Waals surface area contributed by atoms with Gasteiger partial charge in [-0.05, 0) is 34.8 Å². The molecule has 0 saturated heterocycles. The smallest absolute Gasteiger partial charge is 0.211 e. The third-order valence-corrected chi connectivity index (χ3v) is 11.8. The summed E-state index contributed by atoms with van der Waals surface area (Å²) in [5, 5.41) is 7.95. The Labute approximate surface area is 159 Å². The van der Waals surface area contributed by atoms with Gasteiger partial charge in [-0.25, -0.2) is 0 Å². The third-order valence-electron chi connectivity index (χ3n) is 5.20. The van der Waals surface area contributed by atoms with E-state index >= 15 is 0 Å². The number of fused-ring (bicyclic) bond motifs is 1. The first kappa shape index (κ1) is 20.3. The fourth-order valence-electron chi connectivity index (χ4n) is 4.13. The van der Waals surface area contributed by atoms with Gasteiger partial charge in [0.25, 0.3) is 0 Å². The van der Waals surface area contributed by atoms with Crippen LogP contribution >= 0.6 is 15.9 Å². The van der Waals surface area contributed by atoms with Gasteiger partial charge < -0.3 is 4.43 Å². The first-order valence-corrected chi connectivity index (χ1v) is 11.9. The molecule has 1 N–H and O–H groups in total. The zero-order valence-electron chi connectivity index (χ0n) is 16.0. The number of nitrogens with one attached hydrogen (secondary N) is 1. The molecule has 4 nitrogen and oxygen atoms in total. The van der Waals surface area contributed by atoms with E-state index in [9.17, 15) is 4.79 Å². The number of benzene rings is 1. The molecule has 138 valence electrons. The molecule has 25 heavy (non-hydrogen) atoms. The minimum absolute atomic E-state index is 0.00393. The first-order valence-electron chi connectivity index (χ1n) is 9.00. The highest BCUT2D eigenvalue weighted by atomic mass is 79.9. The maximum Gasteiger partial charge on any atom is 0.211 e. The molecule has 0 aliphatic rings. The molecule has 6 heteroatoms. The summed E-state index contributed by atoms with van der Waals surface area (Å²) in [6.07, 6.45) is 0.544. The summed E-state index contributed by atoms with van der Waals surface area (Å²) in [4.78, 5) is 12.7. The largest absolute Gasteiger partial charge is 0.416 e. The molecule has 0 radical (unpaired) electrons. The van der Waals surface area contributed by atoms with Crippen molar-refractivity contribution in [2.75, 3.05) is 6.61 Å². The predicted octanol–water partition coefficient (Wildman–Crippen LogP) is 5.42. The molecule has 0 atom stereocenters. The van der Waals surface area contributed by atoms with E-state index in [0.29, 0.717) is 40.7 Å². The van der Waals surface area contributed by atoms with E-state index in [1.54, 1.807) is 0 Å². The number of hydrogen-bond acceptors (Lipinski definition) is 3. The maximum atomic E-state index is 12.7. The van der Waals surface area contributed by atoms with Gasteiger partial charge in [0, 0.05) is 22.9 Å². The summed E-state index contributed by atoms with van der Waals surface area (Å²) in [5.74, 6) is 0. The Morgan fingerprint density at radius 1 is 1.12 bits per heavy atom. The van der Waals surface area contributed by atoms with Crippen LogP contribution in [0.25, 0.3) is 10.9 Å². The second kappa shape index (κ2) is 8.14. The molecule has 2 aromatic rings. The molecule has 0 spiro atoms. The molecular weight excluding hydrogens is 396 g/mol. The standard InChI is InChI=1S/C19H29BrN2O2Si/c1-12(2)25(13(3)4,14(5)6)24-10-9-17-19(23)16-8-7-15(20)11-18(16)22-21-17/h7-8,11-14H,9-10H2,1-6H3,(H,22,23). The van der Waals surface area contributed by atoms with Crippen molar-refractivity contribution in [3.05, 3.63) is 38.6 Å². The number of aromatic nitrogens is 2. The van der Waals surface area contributed by atoms with Crippen molar-refractivity contribution in [2.45, 2.75) is 64.6 Å². The molecule has 1 heterocycles. The molecule has 2 rings (SSSR count). The van der Waals surface area contributed by atoms with Gasteiger partial charge in [-0.1, -0.05) is 57.5 Å². The molecule has 0 saturated carbocycles. The Morgan fingerprint density at radius 3 is 2.28 bits per heavy atom. The van der Waals surface area contributed by atoms with Crippen LogP contribution < -0.4 is 5.43 Å². The Kier molecular flexibility index (Phi) is 6.62. The zero-order chi connectivity index (χ0) is 18.8. The van der Waals surface area contributed by atoms with Crippen LogP contribution in [-0.2, 0) is 10.8 Å². The highest BCUT2D eigenvalue weighted by molar-refractivity contribution is 9.10. The summed E-state index contributed by atoms with van der Waals surface area (Å²) in [7, 11) is -1.91. The van der Waals surface area contributed by atoms with Crippen molar-refractivity contribution in [3.63, 3.8) is 0 Å². The van der Waals surface area contributed by atoms with Crippen LogP contribution in [0.4, 0.5) is 0 Å². The summed E-state index contributed by atoms with van der Waals surface area (Å²) in [6.45, 7) is 14.2. The van der Waals surface area contributed by atoms with Gasteiger partial charge in [-0.2, -0.15) is 5.10 Å². The molecule has 0 unspecified atom stereocenters. The van der Waals surface area contributed by atoms with E-state index in [1.165, 1.54) is 0 Å². The van der Waals surface area contributed by atoms with Gasteiger partial charge in [0.1, 0.15) is 5.69 Å². The number of rotatable bonds is 7. The molecular formula is C19H29BrN2O2Si. The van der Waals surface area contributed by atoms with Gasteiger partial charge in [0.05, 0.1) is 5.52 Å². The highest BCUT2D eigenvalue weighted by Gasteiger charge is 2.44. The minimum Gasteiger partial charge on any atom is -0.416 e. The number of halogens is 1. The normalized spacial score (nSPS) is 12.7. The van der Waals surface area contributed by atoms with Gasteiger partial charge >= 0.3 is 0 Å². The van der Waals surface area contributed by atoms with Gasteiger partial charge in [-0.3, -0.25) is 9.89 Å². The van der Waals surface area contributed by atoms with Gasteiger partial charge in [0.2, 0.25) is 5.43 Å². The van der Waals surface area contributed by atoms with E-state index in [-0.39, 0.29) is 5.43 Å². The van der Waals surface area contributed by atoms with Gasteiger partial charge in [-0.15, -0.1) is 0 Å². The fourth-order valence-corrected chi connectivity index (χ4v) is 9.95. The SMILES string of the molecule is CC(C)[Si](OCCc1n[nH]c2cc(Br)ccc2c1=O)(C(C)C)C(C)C. The Morgan fingerprint density at radius 2 is 1.72 bits per heavy atom. The first-order chi connectivity index (χ1) is 11.7. The molecule has 0 fully saturated rings. The number of hydrogen-bond donors (Lipinski definition) is 1. The van der Waals surface area contributed by atoms with Crippen LogP contribution in [0.3, 0.4) is 0 Å². The number of H-pyrrole nitrogens is 1. The van der Waals surface area contributed by atoms with E-state index in [1.807, 2.05) is 18.2 Å². The molecule has 0 bridgehead atoms. The van der Waals surface area contributed by atoms with Crippen LogP contribution in [0.1, 0.15) is 47.2 Å². The van der Waals surface area contributed by atoms with Crippen molar-refractivity contribution in [3.8, 4) is 0 Å². The lowest BCUT2D eigenvalue weighted by molar-refractivity contribution is 0.279. The molecule has 0 amide bonds. The Bertz CT molecular complexity index is 765. The van der Waals surface area contributed by atoms with Crippen molar-refractivity contribution in [1.82, 2.24) is 10.2 Å². The number of nitrogens with zero attached hydrogens (tertiary/aromatic N) is 1. The van der Waals surface area contributed by atoms with Crippen LogP contribution in [0, 0.1) is 0 Å². The Hall–Kier alpha value is -0.983. The minimum atomic E-state index is -1.91. The van der Waals surface area contributed by atoms with Crippen molar-refractivity contribution in [1.29, 1.82) is 0 Å². The fraction of sp³-hybridized carbons (Fsp3) is 0.579. The van der Waals surface area contributed by atoms with Crippen LogP contribution in [-0.4, -0.2) is 25.1 Å². The summed E-state index contributed by atoms with van der Waals surface area (Å²) >= 11 is 3.41. The van der Waals surface area contributed by atoms with Crippen molar-refractivity contribution >= 4 is 35.2 Å². The summed E-state index contributed by atoms with van der Waals surface area (Å²) < 4.78 is 7.47. The van der Waals surface area contributed by atoms with Gasteiger partial charge in [0.15, 0.2) is 8.32 Å². The van der Waals surface area contributed by atoms with E-state index in [0.717, 1.165) is 9.99 Å². The zero-order valence-corrected chi connectivity index (χ0v) is 18.6. The second-order valence-corrected chi connectivity index (χ2v) is 14.0. The summed E-state index contributed by atoms with van der Waals surface area (Å²) in [5.41, 5.74) is 2.90. The van der Waals surface area contributed by atoms with Crippen molar-refractivity contribution < 1.29 is 4.43 Å². The lowest BCUT2D eigenvalue weighted by Crippen LogP contribution is -2.48. The Balaban J connectivity index is 2.21. The molecule has 0 aliphatic heterocycles. The van der Waals surface area contributed by atoms with Crippen LogP contribution in [0.15, 0.2) is 27.5 Å². The van der Waals surface area contributed by atoms with E-state index < -0.39 is 8.32 Å². The monoisotopic (exact) mass is 424 g/mol. The highest BCUT2D eigenvalue weighted by Crippen LogP contribution is 2.42. The van der Waals surface area contributed by atoms with E-state index in [4.69, 9.17) is 4.43 Å². The van der Waals surface area contributed by atoms with Crippen LogP contribution in [0.2, 0.25) is 16.6 Å². The molecule has 1 aromatic heterocycles. The number of aromatic amines is 1. The average molecular weight is 425 g/mol. The predicted molar refractivity (Wildman–Crippen MR) is 111 cm³/mol. The lowest BCUT2D eigenvalue weighted by Gasteiger charge is -2.42. The third kappa shape index (κ3) is 4.06. The maximum absolute atomic E-state index is 12.7. The average Bonchev–Trinajstić information content (AvgIpc) is 2.52. The molecule has 0 aliphatic carbocycles. The molecule has 1 aromatic carbocycles. The lowest BCUT2D eigenvalue weighted by atomic mass is 10.2. The van der Waals surface area contributed by atoms with Crippen LogP contribution in [0.5, 0.6) is 0 Å². The summed E-state index contributed by atoms with van der Waals surface area (Å²) in [6, 6.07) is 5.59. The second-order valence-electron chi connectivity index (χ2n) is 7.61. The topological polar surface area (TPSA) is 55.0 Å². The van der Waals surface area contributed by atoms with E-state index in [2.05, 4.69) is 67.7 Å². The quantitative estimate of drug-likeness (QED) is 0.603.